The van der Waals surface area contributed by atoms with Crippen molar-refractivity contribution >= 4 is 32.8 Å². The van der Waals surface area contributed by atoms with Gasteiger partial charge in [0.15, 0.2) is 9.84 Å². The van der Waals surface area contributed by atoms with Gasteiger partial charge in [0.25, 0.3) is 5.69 Å². The highest BCUT2D eigenvalue weighted by Crippen LogP contribution is 2.30. The zero-order chi connectivity index (χ0) is 19.8. The molecular formula is C18H19N3O5S. The van der Waals surface area contributed by atoms with Gasteiger partial charge in [-0.3, -0.25) is 14.9 Å². The molecule has 1 amide bonds. The van der Waals surface area contributed by atoms with E-state index in [0.717, 1.165) is 30.0 Å². The smallest absolute Gasteiger partial charge is 0.293 e. The maximum absolute atomic E-state index is 12.8. The first-order valence-electron chi connectivity index (χ1n) is 8.33. The summed E-state index contributed by atoms with van der Waals surface area (Å²) in [6.45, 7) is 2.18. The van der Waals surface area contributed by atoms with E-state index in [1.54, 1.807) is 11.8 Å². The van der Waals surface area contributed by atoms with Gasteiger partial charge in [0, 0.05) is 24.6 Å². The third kappa shape index (κ3) is 3.77. The Kier molecular flexibility index (Phi) is 4.88. The molecule has 0 fully saturated rings. The molecule has 0 spiro atoms. The van der Waals surface area contributed by atoms with Gasteiger partial charge in [0.1, 0.15) is 11.7 Å². The Balaban J connectivity index is 1.85. The molecule has 1 atom stereocenters. The molecule has 1 aliphatic heterocycles. The third-order valence-corrected chi connectivity index (χ3v) is 5.60. The minimum Gasteiger partial charge on any atom is -0.368 e. The lowest BCUT2D eigenvalue weighted by Crippen LogP contribution is -2.40. The summed E-state index contributed by atoms with van der Waals surface area (Å²) in [7, 11) is -3.57. The molecule has 0 aliphatic carbocycles. The molecule has 1 aliphatic rings. The Morgan fingerprint density at radius 2 is 1.96 bits per heavy atom. The van der Waals surface area contributed by atoms with E-state index < -0.39 is 20.8 Å². The van der Waals surface area contributed by atoms with Crippen LogP contribution in [0.4, 0.5) is 17.1 Å². The molecule has 0 radical (unpaired) electrons. The number of hydrogen-bond acceptors (Lipinski definition) is 6. The normalized spacial score (nSPS) is 14.5. The Labute approximate surface area is 156 Å². The number of para-hydroxylation sites is 1. The number of nitrogens with one attached hydrogen (secondary N) is 1. The van der Waals surface area contributed by atoms with Crippen LogP contribution in [0.3, 0.4) is 0 Å². The van der Waals surface area contributed by atoms with Crippen molar-refractivity contribution in [3.63, 3.8) is 0 Å². The second-order valence-electron chi connectivity index (χ2n) is 6.44. The number of rotatable bonds is 5. The lowest BCUT2D eigenvalue weighted by molar-refractivity contribution is -0.384. The van der Waals surface area contributed by atoms with Gasteiger partial charge in [-0.2, -0.15) is 0 Å². The number of nitrogens with zero attached hydrogens (tertiary/aromatic N) is 2. The first-order chi connectivity index (χ1) is 12.7. The van der Waals surface area contributed by atoms with E-state index in [1.165, 1.54) is 12.1 Å². The van der Waals surface area contributed by atoms with Gasteiger partial charge in [-0.25, -0.2) is 8.42 Å². The quantitative estimate of drug-likeness (QED) is 0.621. The van der Waals surface area contributed by atoms with Crippen molar-refractivity contribution in [2.24, 2.45) is 0 Å². The van der Waals surface area contributed by atoms with Crippen LogP contribution in [-0.4, -0.2) is 38.1 Å². The summed E-state index contributed by atoms with van der Waals surface area (Å²) in [5.74, 6) is -0.207. The fourth-order valence-corrected chi connectivity index (χ4v) is 3.75. The highest BCUT2D eigenvalue weighted by molar-refractivity contribution is 7.90. The van der Waals surface area contributed by atoms with Crippen molar-refractivity contribution in [2.45, 2.75) is 24.3 Å². The predicted octanol–water partition coefficient (Wildman–Crippen LogP) is 2.39. The first-order valence-corrected chi connectivity index (χ1v) is 10.2. The van der Waals surface area contributed by atoms with Crippen LogP contribution in [0.1, 0.15) is 12.5 Å². The van der Waals surface area contributed by atoms with Crippen molar-refractivity contribution in [3.05, 3.63) is 58.1 Å². The third-order valence-electron chi connectivity index (χ3n) is 4.49. The molecule has 2 aromatic rings. The minimum atomic E-state index is -3.57. The minimum absolute atomic E-state index is 0.0979. The summed E-state index contributed by atoms with van der Waals surface area (Å²) in [4.78, 5) is 25.0. The van der Waals surface area contributed by atoms with Crippen LogP contribution in [0.15, 0.2) is 47.4 Å². The molecule has 0 aromatic heterocycles. The van der Waals surface area contributed by atoms with Gasteiger partial charge >= 0.3 is 0 Å². The van der Waals surface area contributed by atoms with E-state index in [2.05, 4.69) is 5.32 Å². The Hall–Kier alpha value is -2.94. The number of carbonyl (C=O) groups excluding carboxylic acids is 1. The summed E-state index contributed by atoms with van der Waals surface area (Å²) >= 11 is 0. The summed E-state index contributed by atoms with van der Waals surface area (Å²) in [6, 6.07) is 10.5. The number of hydrogen-bond donors (Lipinski definition) is 1. The van der Waals surface area contributed by atoms with Crippen LogP contribution in [0.5, 0.6) is 0 Å². The van der Waals surface area contributed by atoms with Gasteiger partial charge < -0.3 is 10.2 Å². The Bertz CT molecular complexity index is 1020. The van der Waals surface area contributed by atoms with Crippen LogP contribution in [0.2, 0.25) is 0 Å². The van der Waals surface area contributed by atoms with Crippen molar-refractivity contribution in [1.82, 2.24) is 0 Å². The molecule has 9 heteroatoms. The molecule has 142 valence electrons. The van der Waals surface area contributed by atoms with Gasteiger partial charge in [-0.15, -0.1) is 0 Å². The standard InChI is InChI=1S/C18H19N3O5S/c1-12(18(22)20-10-9-13-5-3-4-6-16(13)20)19-15-8-7-14(27(2,25)26)11-17(15)21(23)24/h3-8,11-12,19H,9-10H2,1-2H3. The topological polar surface area (TPSA) is 110 Å². The van der Waals surface area contributed by atoms with Gasteiger partial charge in [-0.1, -0.05) is 18.2 Å². The number of anilines is 2. The number of nitro benzene ring substituents is 1. The van der Waals surface area contributed by atoms with Gasteiger partial charge in [0.05, 0.1) is 9.82 Å². The molecule has 27 heavy (non-hydrogen) atoms. The molecule has 3 rings (SSSR count). The van der Waals surface area contributed by atoms with Crippen LogP contribution in [0.25, 0.3) is 0 Å². The van der Waals surface area contributed by atoms with Crippen molar-refractivity contribution in [1.29, 1.82) is 0 Å². The fourth-order valence-electron chi connectivity index (χ4n) is 3.11. The summed E-state index contributed by atoms with van der Waals surface area (Å²) in [5, 5.41) is 14.2. The average molecular weight is 389 g/mol. The molecule has 0 saturated carbocycles. The predicted molar refractivity (Wildman–Crippen MR) is 102 cm³/mol. The van der Waals surface area contributed by atoms with Crippen molar-refractivity contribution in [3.8, 4) is 0 Å². The maximum Gasteiger partial charge on any atom is 0.293 e. The number of carbonyl (C=O) groups is 1. The monoisotopic (exact) mass is 389 g/mol. The van der Waals surface area contributed by atoms with E-state index >= 15 is 0 Å². The van der Waals surface area contributed by atoms with Crippen LogP contribution in [-0.2, 0) is 21.1 Å². The number of nitro groups is 1. The molecule has 0 saturated heterocycles. The van der Waals surface area contributed by atoms with E-state index in [4.69, 9.17) is 0 Å². The number of sulfone groups is 1. The molecule has 1 N–H and O–H groups in total. The summed E-state index contributed by atoms with van der Waals surface area (Å²) in [6.07, 6.45) is 1.74. The second-order valence-corrected chi connectivity index (χ2v) is 8.46. The van der Waals surface area contributed by atoms with E-state index in [-0.39, 0.29) is 22.2 Å². The van der Waals surface area contributed by atoms with Crippen LogP contribution in [0, 0.1) is 10.1 Å². The average Bonchev–Trinajstić information content (AvgIpc) is 3.04. The molecule has 2 aromatic carbocycles. The Morgan fingerprint density at radius 1 is 1.26 bits per heavy atom. The lowest BCUT2D eigenvalue weighted by Gasteiger charge is -2.23. The van der Waals surface area contributed by atoms with Crippen molar-refractivity contribution in [2.75, 3.05) is 23.0 Å². The van der Waals surface area contributed by atoms with E-state index in [9.17, 15) is 23.3 Å². The number of amides is 1. The Morgan fingerprint density at radius 3 is 2.63 bits per heavy atom. The zero-order valence-electron chi connectivity index (χ0n) is 14.9. The van der Waals surface area contributed by atoms with E-state index in [1.807, 2.05) is 24.3 Å². The molecule has 1 unspecified atom stereocenters. The zero-order valence-corrected chi connectivity index (χ0v) is 15.7. The molecule has 0 bridgehead atoms. The lowest BCUT2D eigenvalue weighted by atomic mass is 10.2. The molecule has 8 nitrogen and oxygen atoms in total. The van der Waals surface area contributed by atoms with Gasteiger partial charge in [0.2, 0.25) is 5.91 Å². The van der Waals surface area contributed by atoms with E-state index in [0.29, 0.717) is 6.54 Å². The largest absolute Gasteiger partial charge is 0.368 e. The summed E-state index contributed by atoms with van der Waals surface area (Å²) < 4.78 is 23.3. The van der Waals surface area contributed by atoms with Crippen molar-refractivity contribution < 1.29 is 18.1 Å². The second kappa shape index (κ2) is 6.99. The fraction of sp³-hybridized carbons (Fsp3) is 0.278. The van der Waals surface area contributed by atoms with Crippen LogP contribution >= 0.6 is 0 Å². The highest BCUT2D eigenvalue weighted by atomic mass is 32.2. The van der Waals surface area contributed by atoms with Crippen LogP contribution < -0.4 is 10.2 Å². The molecule has 1 heterocycles. The molecular weight excluding hydrogens is 370 g/mol. The summed E-state index contributed by atoms with van der Waals surface area (Å²) in [5.41, 5.74) is 1.64. The number of benzene rings is 2. The first kappa shape index (κ1) is 18.8. The van der Waals surface area contributed by atoms with Gasteiger partial charge in [-0.05, 0) is 37.1 Å². The SMILES string of the molecule is CC(Nc1ccc(S(C)(=O)=O)cc1[N+](=O)[O-])C(=O)N1CCc2ccccc21. The maximum atomic E-state index is 12.8. The number of fused-ring (bicyclic) bond motifs is 1. The highest BCUT2D eigenvalue weighted by Gasteiger charge is 2.29.